The Morgan fingerprint density at radius 1 is 1.09 bits per heavy atom. The van der Waals surface area contributed by atoms with Crippen LogP contribution >= 0.6 is 23.2 Å². The number of amides is 2. The Hall–Kier alpha value is -2.29. The third-order valence-corrected chi connectivity index (χ3v) is 7.40. The first-order valence-electron chi connectivity index (χ1n) is 11.0. The van der Waals surface area contributed by atoms with Gasteiger partial charge in [0.15, 0.2) is 0 Å². The number of halogens is 2. The number of sulfonamides is 1. The van der Waals surface area contributed by atoms with Crippen molar-refractivity contribution in [2.75, 3.05) is 24.2 Å². The highest BCUT2D eigenvalue weighted by atomic mass is 35.5. The molecule has 2 aromatic rings. The molecule has 10 heteroatoms. The normalized spacial score (nSPS) is 12.2. The first-order valence-corrected chi connectivity index (χ1v) is 13.6. The van der Waals surface area contributed by atoms with E-state index in [1.165, 1.54) is 16.3 Å². The maximum atomic E-state index is 13.3. The van der Waals surface area contributed by atoms with Crippen LogP contribution in [0.2, 0.25) is 10.0 Å². The average molecular weight is 529 g/mol. The molecular formula is C24H31Cl2N3O4S. The van der Waals surface area contributed by atoms with E-state index in [-0.39, 0.29) is 37.7 Å². The molecule has 1 atom stereocenters. The van der Waals surface area contributed by atoms with Gasteiger partial charge in [-0.2, -0.15) is 0 Å². The number of rotatable bonds is 11. The van der Waals surface area contributed by atoms with Crippen molar-refractivity contribution in [3.05, 3.63) is 63.6 Å². The maximum Gasteiger partial charge on any atom is 0.242 e. The summed E-state index contributed by atoms with van der Waals surface area (Å²) in [7, 11) is -2.06. The van der Waals surface area contributed by atoms with Gasteiger partial charge in [0, 0.05) is 36.6 Å². The summed E-state index contributed by atoms with van der Waals surface area (Å²) in [5, 5.41) is 3.67. The zero-order chi connectivity index (χ0) is 25.5. The van der Waals surface area contributed by atoms with E-state index in [2.05, 4.69) is 5.32 Å². The third-order valence-electron chi connectivity index (χ3n) is 5.56. The van der Waals surface area contributed by atoms with Gasteiger partial charge < -0.3 is 10.2 Å². The van der Waals surface area contributed by atoms with Crippen LogP contribution in [0.1, 0.15) is 37.3 Å². The zero-order valence-corrected chi connectivity index (χ0v) is 22.2. The number of anilines is 1. The highest BCUT2D eigenvalue weighted by molar-refractivity contribution is 7.92. The molecule has 0 aromatic heterocycles. The summed E-state index contributed by atoms with van der Waals surface area (Å²) in [6, 6.07) is 11.5. The summed E-state index contributed by atoms with van der Waals surface area (Å²) >= 11 is 12.2. The van der Waals surface area contributed by atoms with Crippen LogP contribution in [0, 0.1) is 6.92 Å². The molecule has 2 amide bonds. The molecule has 34 heavy (non-hydrogen) atoms. The summed E-state index contributed by atoms with van der Waals surface area (Å²) in [6.45, 7) is 3.95. The second kappa shape index (κ2) is 12.4. The molecule has 0 bridgehead atoms. The average Bonchev–Trinajstić information content (AvgIpc) is 2.79. The lowest BCUT2D eigenvalue weighted by Crippen LogP contribution is -2.48. The van der Waals surface area contributed by atoms with Crippen molar-refractivity contribution in [1.29, 1.82) is 0 Å². The Balaban J connectivity index is 2.21. The first kappa shape index (κ1) is 28.0. The molecule has 0 spiro atoms. The van der Waals surface area contributed by atoms with Crippen molar-refractivity contribution in [3.8, 4) is 0 Å². The van der Waals surface area contributed by atoms with E-state index >= 15 is 0 Å². The molecule has 0 aliphatic carbocycles. The summed E-state index contributed by atoms with van der Waals surface area (Å²) in [5.74, 6) is -0.487. The molecule has 2 rings (SSSR count). The molecule has 1 unspecified atom stereocenters. The van der Waals surface area contributed by atoms with Gasteiger partial charge >= 0.3 is 0 Å². The minimum absolute atomic E-state index is 0.0761. The highest BCUT2D eigenvalue weighted by Crippen LogP contribution is 2.28. The Morgan fingerprint density at radius 2 is 1.74 bits per heavy atom. The number of likely N-dealkylation sites (N-methyl/N-ethyl adjacent to an activating group) is 1. The Labute approximate surface area is 212 Å². The van der Waals surface area contributed by atoms with E-state index < -0.39 is 16.1 Å². The number of nitrogens with zero attached hydrogens (tertiary/aromatic N) is 2. The lowest BCUT2D eigenvalue weighted by Gasteiger charge is -2.31. The van der Waals surface area contributed by atoms with Crippen LogP contribution in [0.5, 0.6) is 0 Å². The standard InChI is InChI=1S/C24H31Cl2N3O4S/c1-5-21(24(31)27-3)28(16-18-11-13-19(25)14-12-18)23(30)10-7-15-29(34(4,32)33)22-9-6-8-20(26)17(22)2/h6,8-9,11-14,21H,5,7,10,15-16H2,1-4H3,(H,27,31). The number of hydrogen-bond donors (Lipinski definition) is 1. The molecule has 0 radical (unpaired) electrons. The van der Waals surface area contributed by atoms with E-state index in [1.807, 2.05) is 19.1 Å². The minimum Gasteiger partial charge on any atom is -0.357 e. The molecule has 7 nitrogen and oxygen atoms in total. The van der Waals surface area contributed by atoms with Gasteiger partial charge in [-0.25, -0.2) is 8.42 Å². The smallest absolute Gasteiger partial charge is 0.242 e. The molecule has 186 valence electrons. The predicted molar refractivity (Wildman–Crippen MR) is 138 cm³/mol. The van der Waals surface area contributed by atoms with E-state index in [4.69, 9.17) is 23.2 Å². The van der Waals surface area contributed by atoms with Crippen LogP contribution in [0.15, 0.2) is 42.5 Å². The van der Waals surface area contributed by atoms with Crippen molar-refractivity contribution in [2.45, 2.75) is 45.7 Å². The quantitative estimate of drug-likeness (QED) is 0.469. The fourth-order valence-corrected chi connectivity index (χ4v) is 5.03. The van der Waals surface area contributed by atoms with Gasteiger partial charge in [0.2, 0.25) is 21.8 Å². The summed E-state index contributed by atoms with van der Waals surface area (Å²) < 4.78 is 26.2. The predicted octanol–water partition coefficient (Wildman–Crippen LogP) is 4.40. The molecule has 0 saturated carbocycles. The zero-order valence-electron chi connectivity index (χ0n) is 19.8. The fraction of sp³-hybridized carbons (Fsp3) is 0.417. The second-order valence-corrected chi connectivity index (χ2v) is 10.8. The van der Waals surface area contributed by atoms with Gasteiger partial charge in [0.25, 0.3) is 0 Å². The van der Waals surface area contributed by atoms with Gasteiger partial charge in [-0.15, -0.1) is 0 Å². The lowest BCUT2D eigenvalue weighted by molar-refractivity contribution is -0.141. The molecule has 0 saturated heterocycles. The van der Waals surface area contributed by atoms with Crippen LogP contribution in [-0.4, -0.2) is 51.0 Å². The SMILES string of the molecule is CCC(C(=O)NC)N(Cc1ccc(Cl)cc1)C(=O)CCCN(c1cccc(Cl)c1C)S(C)(=O)=O. The fourth-order valence-electron chi connectivity index (χ4n) is 3.72. The van der Waals surface area contributed by atoms with E-state index in [0.29, 0.717) is 27.7 Å². The van der Waals surface area contributed by atoms with E-state index in [9.17, 15) is 18.0 Å². The molecule has 2 aromatic carbocycles. The minimum atomic E-state index is -3.59. The Bertz CT molecular complexity index is 1110. The molecule has 1 N–H and O–H groups in total. The largest absolute Gasteiger partial charge is 0.357 e. The van der Waals surface area contributed by atoms with Crippen molar-refractivity contribution in [3.63, 3.8) is 0 Å². The van der Waals surface area contributed by atoms with Gasteiger partial charge in [0.1, 0.15) is 6.04 Å². The Morgan fingerprint density at radius 3 is 2.29 bits per heavy atom. The van der Waals surface area contributed by atoms with Crippen molar-refractivity contribution >= 4 is 50.7 Å². The topological polar surface area (TPSA) is 86.8 Å². The number of hydrogen-bond acceptors (Lipinski definition) is 4. The van der Waals surface area contributed by atoms with Crippen molar-refractivity contribution in [2.24, 2.45) is 0 Å². The first-order chi connectivity index (χ1) is 16.0. The van der Waals surface area contributed by atoms with Gasteiger partial charge in [-0.3, -0.25) is 13.9 Å². The summed E-state index contributed by atoms with van der Waals surface area (Å²) in [5.41, 5.74) is 1.97. The monoisotopic (exact) mass is 527 g/mol. The van der Waals surface area contributed by atoms with Crippen LogP contribution < -0.4 is 9.62 Å². The summed E-state index contributed by atoms with van der Waals surface area (Å²) in [4.78, 5) is 27.3. The number of carbonyl (C=O) groups excluding carboxylic acids is 2. The number of nitrogens with one attached hydrogen (secondary N) is 1. The Kier molecular flexibility index (Phi) is 10.2. The van der Waals surface area contributed by atoms with E-state index in [0.717, 1.165) is 11.8 Å². The maximum absolute atomic E-state index is 13.3. The van der Waals surface area contributed by atoms with Crippen molar-refractivity contribution < 1.29 is 18.0 Å². The number of benzene rings is 2. The molecule has 0 aliphatic rings. The van der Waals surface area contributed by atoms with Crippen LogP contribution in [0.4, 0.5) is 5.69 Å². The second-order valence-electron chi connectivity index (χ2n) is 8.01. The third kappa shape index (κ3) is 7.35. The van der Waals surface area contributed by atoms with Crippen LogP contribution in [0.3, 0.4) is 0 Å². The molecule has 0 aliphatic heterocycles. The van der Waals surface area contributed by atoms with Gasteiger partial charge in [-0.05, 0) is 55.2 Å². The van der Waals surface area contributed by atoms with Crippen LogP contribution in [0.25, 0.3) is 0 Å². The molecule has 0 fully saturated rings. The number of carbonyl (C=O) groups is 2. The van der Waals surface area contributed by atoms with Gasteiger partial charge in [0.05, 0.1) is 11.9 Å². The lowest BCUT2D eigenvalue weighted by atomic mass is 10.1. The molecular weight excluding hydrogens is 497 g/mol. The van der Waals surface area contributed by atoms with Gasteiger partial charge in [-0.1, -0.05) is 48.3 Å². The van der Waals surface area contributed by atoms with Crippen molar-refractivity contribution in [1.82, 2.24) is 10.2 Å². The summed E-state index contributed by atoms with van der Waals surface area (Å²) in [6.07, 6.45) is 1.92. The molecule has 0 heterocycles. The van der Waals surface area contributed by atoms with E-state index in [1.54, 1.807) is 37.3 Å². The van der Waals surface area contributed by atoms with Crippen LogP contribution in [-0.2, 0) is 26.2 Å². The highest BCUT2D eigenvalue weighted by Gasteiger charge is 2.28.